The third-order valence-electron chi connectivity index (χ3n) is 2.18. The van der Waals surface area contributed by atoms with E-state index in [2.05, 4.69) is 18.2 Å². The first-order valence-corrected chi connectivity index (χ1v) is 5.08. The molecule has 0 aliphatic rings. The number of nitrogens with one attached hydrogen (secondary N) is 1. The van der Waals surface area contributed by atoms with Crippen LogP contribution in [0, 0.1) is 12.3 Å². The van der Waals surface area contributed by atoms with Crippen molar-refractivity contribution in [3.63, 3.8) is 0 Å². The van der Waals surface area contributed by atoms with Gasteiger partial charge >= 0.3 is 0 Å². The first kappa shape index (κ1) is 10.9. The molecule has 76 valence electrons. The van der Waals surface area contributed by atoms with E-state index in [9.17, 15) is 0 Å². The second-order valence-corrected chi connectivity index (χ2v) is 3.24. The molecule has 1 atom stereocenters. The highest BCUT2D eigenvalue weighted by Gasteiger charge is 2.09. The molecular weight excluding hydrogens is 174 g/mol. The fourth-order valence-electron chi connectivity index (χ4n) is 1.40. The summed E-state index contributed by atoms with van der Waals surface area (Å²) in [5.74, 6) is 3.64. The monoisotopic (exact) mass is 191 g/mol. The van der Waals surface area contributed by atoms with Crippen molar-refractivity contribution in [3.8, 4) is 12.3 Å². The van der Waals surface area contributed by atoms with E-state index in [0.29, 0.717) is 6.04 Å². The fraction of sp³-hybridized carbons (Fsp3) is 0.500. The van der Waals surface area contributed by atoms with Gasteiger partial charge in [-0.15, -0.1) is 12.3 Å². The number of hydrogen-bond acceptors (Lipinski definition) is 2. The molecule has 1 unspecified atom stereocenters. The van der Waals surface area contributed by atoms with Crippen LogP contribution in [0.3, 0.4) is 0 Å². The molecule has 2 nitrogen and oxygen atoms in total. The van der Waals surface area contributed by atoms with Gasteiger partial charge in [-0.05, 0) is 31.5 Å². The number of terminal acetylenes is 1. The zero-order chi connectivity index (χ0) is 10.2. The fourth-order valence-corrected chi connectivity index (χ4v) is 1.40. The van der Waals surface area contributed by atoms with Crippen LogP contribution in [0.2, 0.25) is 0 Å². The lowest BCUT2D eigenvalue weighted by Crippen LogP contribution is -2.21. The van der Waals surface area contributed by atoms with Crippen molar-refractivity contribution >= 4 is 0 Å². The van der Waals surface area contributed by atoms with Crippen LogP contribution in [0.15, 0.2) is 22.8 Å². The summed E-state index contributed by atoms with van der Waals surface area (Å²) >= 11 is 0. The van der Waals surface area contributed by atoms with Crippen LogP contribution in [-0.4, -0.2) is 6.54 Å². The molecule has 1 heterocycles. The molecule has 1 aromatic heterocycles. The Morgan fingerprint density at radius 3 is 3.07 bits per heavy atom. The molecule has 1 aromatic rings. The van der Waals surface area contributed by atoms with Crippen LogP contribution in [0.5, 0.6) is 0 Å². The van der Waals surface area contributed by atoms with E-state index >= 15 is 0 Å². The lowest BCUT2D eigenvalue weighted by molar-refractivity contribution is 0.403. The Balaban J connectivity index is 2.30. The Kier molecular flexibility index (Phi) is 4.88. The van der Waals surface area contributed by atoms with Crippen LogP contribution in [-0.2, 0) is 0 Å². The van der Waals surface area contributed by atoms with Crippen molar-refractivity contribution < 1.29 is 4.42 Å². The summed E-state index contributed by atoms with van der Waals surface area (Å²) in [6, 6.07) is 4.24. The molecule has 0 bridgehead atoms. The molecule has 0 amide bonds. The molecule has 0 aromatic carbocycles. The highest BCUT2D eigenvalue weighted by atomic mass is 16.3. The average Bonchev–Trinajstić information content (AvgIpc) is 2.71. The third kappa shape index (κ3) is 3.27. The second-order valence-electron chi connectivity index (χ2n) is 3.24. The number of rotatable bonds is 6. The largest absolute Gasteiger partial charge is 0.468 e. The van der Waals surface area contributed by atoms with Crippen molar-refractivity contribution in [2.45, 2.75) is 32.2 Å². The Morgan fingerprint density at radius 1 is 1.64 bits per heavy atom. The van der Waals surface area contributed by atoms with E-state index in [-0.39, 0.29) is 0 Å². The van der Waals surface area contributed by atoms with Gasteiger partial charge in [0.2, 0.25) is 0 Å². The highest BCUT2D eigenvalue weighted by molar-refractivity contribution is 5.03. The number of furan rings is 1. The van der Waals surface area contributed by atoms with Crippen molar-refractivity contribution in [1.29, 1.82) is 0 Å². The minimum absolute atomic E-state index is 0.322. The van der Waals surface area contributed by atoms with Crippen molar-refractivity contribution in [1.82, 2.24) is 5.32 Å². The van der Waals surface area contributed by atoms with Gasteiger partial charge in [0.15, 0.2) is 0 Å². The molecule has 0 aliphatic carbocycles. The number of hydrogen-bond donors (Lipinski definition) is 1. The van der Waals surface area contributed by atoms with E-state index < -0.39 is 0 Å². The van der Waals surface area contributed by atoms with E-state index in [1.165, 1.54) is 0 Å². The minimum Gasteiger partial charge on any atom is -0.468 e. The summed E-state index contributed by atoms with van der Waals surface area (Å²) in [6.45, 7) is 3.09. The van der Waals surface area contributed by atoms with Crippen LogP contribution >= 0.6 is 0 Å². The van der Waals surface area contributed by atoms with E-state index in [1.807, 2.05) is 12.1 Å². The van der Waals surface area contributed by atoms with Gasteiger partial charge in [-0.1, -0.05) is 6.92 Å². The summed E-state index contributed by atoms with van der Waals surface area (Å²) in [5, 5.41) is 3.42. The maximum atomic E-state index is 5.34. The minimum atomic E-state index is 0.322. The molecule has 0 spiro atoms. The molecule has 2 heteroatoms. The molecule has 0 saturated heterocycles. The second kappa shape index (κ2) is 6.28. The molecule has 0 aliphatic heterocycles. The first-order valence-electron chi connectivity index (χ1n) is 5.08. The van der Waals surface area contributed by atoms with Gasteiger partial charge < -0.3 is 9.73 Å². The summed E-state index contributed by atoms with van der Waals surface area (Å²) in [5.41, 5.74) is 0. The summed E-state index contributed by atoms with van der Waals surface area (Å²) in [6.07, 6.45) is 9.77. The molecular formula is C12H17NO. The van der Waals surface area contributed by atoms with Gasteiger partial charge in [-0.25, -0.2) is 0 Å². The van der Waals surface area contributed by atoms with Gasteiger partial charge in [-0.3, -0.25) is 0 Å². The number of unbranched alkanes of at least 4 members (excludes halogenated alkanes) is 1. The third-order valence-corrected chi connectivity index (χ3v) is 2.18. The van der Waals surface area contributed by atoms with Gasteiger partial charge in [-0.2, -0.15) is 0 Å². The van der Waals surface area contributed by atoms with E-state index in [0.717, 1.165) is 31.6 Å². The zero-order valence-electron chi connectivity index (χ0n) is 8.62. The Labute approximate surface area is 85.7 Å². The van der Waals surface area contributed by atoms with Gasteiger partial charge in [0, 0.05) is 6.42 Å². The summed E-state index contributed by atoms with van der Waals surface area (Å²) in [7, 11) is 0. The van der Waals surface area contributed by atoms with Crippen molar-refractivity contribution in [3.05, 3.63) is 24.2 Å². The standard InChI is InChI=1S/C12H17NO/c1-3-5-6-9-13-11(4-2)12-8-7-10-14-12/h1,7-8,10-11,13H,4-6,9H2,2H3. The van der Waals surface area contributed by atoms with Crippen molar-refractivity contribution in [2.75, 3.05) is 6.54 Å². The molecule has 0 fully saturated rings. The summed E-state index contributed by atoms with van der Waals surface area (Å²) < 4.78 is 5.34. The predicted molar refractivity (Wildman–Crippen MR) is 57.8 cm³/mol. The van der Waals surface area contributed by atoms with E-state index in [4.69, 9.17) is 10.8 Å². The topological polar surface area (TPSA) is 25.2 Å². The lowest BCUT2D eigenvalue weighted by Gasteiger charge is -2.13. The Morgan fingerprint density at radius 2 is 2.50 bits per heavy atom. The van der Waals surface area contributed by atoms with Gasteiger partial charge in [0.1, 0.15) is 5.76 Å². The Hall–Kier alpha value is -1.20. The first-order chi connectivity index (χ1) is 6.88. The lowest BCUT2D eigenvalue weighted by atomic mass is 10.1. The molecule has 0 radical (unpaired) electrons. The SMILES string of the molecule is C#CCCCNC(CC)c1ccco1. The highest BCUT2D eigenvalue weighted by Crippen LogP contribution is 2.16. The molecule has 14 heavy (non-hydrogen) atoms. The van der Waals surface area contributed by atoms with Gasteiger partial charge in [0.25, 0.3) is 0 Å². The predicted octanol–water partition coefficient (Wildman–Crippen LogP) is 2.73. The summed E-state index contributed by atoms with van der Waals surface area (Å²) in [4.78, 5) is 0. The van der Waals surface area contributed by atoms with Crippen LogP contribution in [0.25, 0.3) is 0 Å². The quantitative estimate of drug-likeness (QED) is 0.552. The Bertz CT molecular complexity index is 271. The average molecular weight is 191 g/mol. The van der Waals surface area contributed by atoms with Crippen LogP contribution < -0.4 is 5.32 Å². The van der Waals surface area contributed by atoms with Crippen LogP contribution in [0.1, 0.15) is 38.0 Å². The maximum absolute atomic E-state index is 5.34. The normalized spacial score (nSPS) is 12.3. The molecule has 0 saturated carbocycles. The molecule has 1 N–H and O–H groups in total. The van der Waals surface area contributed by atoms with Gasteiger partial charge in [0.05, 0.1) is 12.3 Å². The smallest absolute Gasteiger partial charge is 0.120 e. The zero-order valence-corrected chi connectivity index (χ0v) is 8.62. The van der Waals surface area contributed by atoms with E-state index in [1.54, 1.807) is 6.26 Å². The maximum Gasteiger partial charge on any atom is 0.120 e. The van der Waals surface area contributed by atoms with Crippen molar-refractivity contribution in [2.24, 2.45) is 0 Å². The van der Waals surface area contributed by atoms with Crippen LogP contribution in [0.4, 0.5) is 0 Å². The molecule has 1 rings (SSSR count).